The molecule has 0 unspecified atom stereocenters. The van der Waals surface area contributed by atoms with Crippen LogP contribution in [0.2, 0.25) is 0 Å². The SMILES string of the molecule is CCc1noc2ncc(S(=O)(=O)N3CCNCC3)cc12. The predicted molar refractivity (Wildman–Crippen MR) is 72.8 cm³/mol. The van der Waals surface area contributed by atoms with Gasteiger partial charge in [-0.15, -0.1) is 0 Å². The lowest BCUT2D eigenvalue weighted by Crippen LogP contribution is -2.46. The maximum Gasteiger partial charge on any atom is 0.258 e. The van der Waals surface area contributed by atoms with Gasteiger partial charge in [-0.2, -0.15) is 4.31 Å². The van der Waals surface area contributed by atoms with Crippen LogP contribution in [0.4, 0.5) is 0 Å². The molecule has 20 heavy (non-hydrogen) atoms. The molecular formula is C12H16N4O3S. The minimum Gasteiger partial charge on any atom is -0.336 e. The molecule has 0 spiro atoms. The topological polar surface area (TPSA) is 88.3 Å². The van der Waals surface area contributed by atoms with E-state index in [1.807, 2.05) is 6.92 Å². The Hall–Kier alpha value is -1.51. The van der Waals surface area contributed by atoms with E-state index in [-0.39, 0.29) is 4.90 Å². The van der Waals surface area contributed by atoms with Crippen molar-refractivity contribution < 1.29 is 12.9 Å². The Kier molecular flexibility index (Phi) is 3.45. The van der Waals surface area contributed by atoms with Crippen molar-refractivity contribution in [3.63, 3.8) is 0 Å². The summed E-state index contributed by atoms with van der Waals surface area (Å²) in [6.07, 6.45) is 2.01. The summed E-state index contributed by atoms with van der Waals surface area (Å²) in [6, 6.07) is 1.61. The number of fused-ring (bicyclic) bond motifs is 1. The molecule has 1 aliphatic rings. The van der Waals surface area contributed by atoms with Crippen molar-refractivity contribution in [1.82, 2.24) is 19.8 Å². The van der Waals surface area contributed by atoms with Crippen LogP contribution >= 0.6 is 0 Å². The van der Waals surface area contributed by atoms with E-state index in [9.17, 15) is 8.42 Å². The van der Waals surface area contributed by atoms with Crippen LogP contribution in [0.1, 0.15) is 12.6 Å². The molecule has 108 valence electrons. The van der Waals surface area contributed by atoms with Crippen LogP contribution in [0.3, 0.4) is 0 Å². The van der Waals surface area contributed by atoms with E-state index in [0.29, 0.717) is 43.7 Å². The average Bonchev–Trinajstić information content (AvgIpc) is 2.90. The summed E-state index contributed by atoms with van der Waals surface area (Å²) in [5.74, 6) is 0. The standard InChI is InChI=1S/C12H16N4O3S/c1-2-11-10-7-9(8-14-12(10)19-15-11)20(17,18)16-5-3-13-4-6-16/h7-8,13H,2-6H2,1H3. The van der Waals surface area contributed by atoms with Gasteiger partial charge in [-0.05, 0) is 12.5 Å². The van der Waals surface area contributed by atoms with Crippen LogP contribution in [0, 0.1) is 0 Å². The predicted octanol–water partition coefficient (Wildman–Crippen LogP) is 0.379. The van der Waals surface area contributed by atoms with Gasteiger partial charge >= 0.3 is 0 Å². The molecule has 7 nitrogen and oxygen atoms in total. The first-order valence-corrected chi connectivity index (χ1v) is 8.02. The highest BCUT2D eigenvalue weighted by Gasteiger charge is 2.27. The second-order valence-corrected chi connectivity index (χ2v) is 6.60. The number of hydrogen-bond acceptors (Lipinski definition) is 6. The van der Waals surface area contributed by atoms with Gasteiger partial charge in [0.05, 0.1) is 17.3 Å². The summed E-state index contributed by atoms with van der Waals surface area (Å²) in [7, 11) is -3.49. The van der Waals surface area contributed by atoms with E-state index in [4.69, 9.17) is 4.52 Å². The summed E-state index contributed by atoms with van der Waals surface area (Å²) >= 11 is 0. The first-order valence-electron chi connectivity index (χ1n) is 6.58. The molecule has 2 aromatic rings. The molecule has 1 fully saturated rings. The van der Waals surface area contributed by atoms with E-state index < -0.39 is 10.0 Å². The molecule has 0 aromatic carbocycles. The van der Waals surface area contributed by atoms with Gasteiger partial charge in [0.25, 0.3) is 5.71 Å². The van der Waals surface area contributed by atoms with E-state index in [1.165, 1.54) is 10.5 Å². The zero-order valence-electron chi connectivity index (χ0n) is 11.2. The number of piperazine rings is 1. The molecule has 8 heteroatoms. The molecular weight excluding hydrogens is 280 g/mol. The van der Waals surface area contributed by atoms with Gasteiger partial charge in [-0.25, -0.2) is 13.4 Å². The van der Waals surface area contributed by atoms with Crippen LogP contribution in [-0.4, -0.2) is 49.0 Å². The highest BCUT2D eigenvalue weighted by Crippen LogP contribution is 2.23. The minimum atomic E-state index is -3.49. The Labute approximate surface area is 117 Å². The number of hydrogen-bond donors (Lipinski definition) is 1. The van der Waals surface area contributed by atoms with E-state index >= 15 is 0 Å². The van der Waals surface area contributed by atoms with E-state index in [1.54, 1.807) is 6.07 Å². The molecule has 1 N–H and O–H groups in total. The van der Waals surface area contributed by atoms with Gasteiger partial charge in [0.2, 0.25) is 10.0 Å². The largest absolute Gasteiger partial charge is 0.336 e. The zero-order valence-corrected chi connectivity index (χ0v) is 12.0. The maximum atomic E-state index is 12.6. The van der Waals surface area contributed by atoms with Gasteiger partial charge in [0.15, 0.2) is 0 Å². The fraction of sp³-hybridized carbons (Fsp3) is 0.500. The van der Waals surface area contributed by atoms with Gasteiger partial charge in [0.1, 0.15) is 4.90 Å². The summed E-state index contributed by atoms with van der Waals surface area (Å²) < 4.78 is 31.7. The maximum absolute atomic E-state index is 12.6. The Morgan fingerprint density at radius 1 is 1.40 bits per heavy atom. The lowest BCUT2D eigenvalue weighted by Gasteiger charge is -2.26. The number of sulfonamides is 1. The van der Waals surface area contributed by atoms with Crippen molar-refractivity contribution in [2.24, 2.45) is 0 Å². The molecule has 1 saturated heterocycles. The highest BCUT2D eigenvalue weighted by atomic mass is 32.2. The zero-order chi connectivity index (χ0) is 14.2. The van der Waals surface area contributed by atoms with E-state index in [2.05, 4.69) is 15.5 Å². The Bertz CT molecular complexity index is 719. The third-order valence-electron chi connectivity index (χ3n) is 3.43. The summed E-state index contributed by atoms with van der Waals surface area (Å²) in [5, 5.41) is 7.70. The molecule has 0 saturated carbocycles. The number of aromatic nitrogens is 2. The Morgan fingerprint density at radius 3 is 2.85 bits per heavy atom. The fourth-order valence-corrected chi connectivity index (χ4v) is 3.70. The third-order valence-corrected chi connectivity index (χ3v) is 5.29. The minimum absolute atomic E-state index is 0.199. The normalized spacial score (nSPS) is 17.6. The van der Waals surface area contributed by atoms with Crippen LogP contribution in [0.15, 0.2) is 21.7 Å². The summed E-state index contributed by atoms with van der Waals surface area (Å²) in [4.78, 5) is 4.26. The lowest BCUT2D eigenvalue weighted by atomic mass is 10.2. The first kappa shape index (κ1) is 13.5. The van der Waals surface area contributed by atoms with Crippen molar-refractivity contribution >= 4 is 21.1 Å². The molecule has 1 aliphatic heterocycles. The summed E-state index contributed by atoms with van der Waals surface area (Å²) in [6.45, 7) is 4.23. The molecule has 3 heterocycles. The number of rotatable bonds is 3. The monoisotopic (exact) mass is 296 g/mol. The Morgan fingerprint density at radius 2 is 2.15 bits per heavy atom. The first-order chi connectivity index (χ1) is 9.63. The van der Waals surface area contributed by atoms with Crippen LogP contribution in [0.5, 0.6) is 0 Å². The molecule has 3 rings (SSSR count). The molecule has 0 atom stereocenters. The van der Waals surface area contributed by atoms with Gasteiger partial charge in [0, 0.05) is 26.2 Å². The molecule has 2 aromatic heterocycles. The highest BCUT2D eigenvalue weighted by molar-refractivity contribution is 7.89. The average molecular weight is 296 g/mol. The number of nitrogens with one attached hydrogen (secondary N) is 1. The van der Waals surface area contributed by atoms with E-state index in [0.717, 1.165) is 5.69 Å². The molecule has 0 radical (unpaired) electrons. The van der Waals surface area contributed by atoms with Crippen molar-refractivity contribution in [2.45, 2.75) is 18.2 Å². The summed E-state index contributed by atoms with van der Waals surface area (Å²) in [5.41, 5.74) is 1.10. The third kappa shape index (κ3) is 2.19. The van der Waals surface area contributed by atoms with Gasteiger partial charge in [-0.3, -0.25) is 0 Å². The fourth-order valence-electron chi connectivity index (χ4n) is 2.29. The van der Waals surface area contributed by atoms with Crippen molar-refractivity contribution in [3.05, 3.63) is 18.0 Å². The number of nitrogens with zero attached hydrogens (tertiary/aromatic N) is 3. The van der Waals surface area contributed by atoms with Crippen LogP contribution < -0.4 is 5.32 Å². The van der Waals surface area contributed by atoms with Gasteiger partial charge in [-0.1, -0.05) is 12.1 Å². The van der Waals surface area contributed by atoms with Crippen molar-refractivity contribution in [2.75, 3.05) is 26.2 Å². The van der Waals surface area contributed by atoms with Crippen molar-refractivity contribution in [3.8, 4) is 0 Å². The van der Waals surface area contributed by atoms with Crippen molar-refractivity contribution in [1.29, 1.82) is 0 Å². The van der Waals surface area contributed by atoms with Gasteiger partial charge < -0.3 is 9.84 Å². The molecule has 0 aliphatic carbocycles. The Balaban J connectivity index is 2.04. The second kappa shape index (κ2) is 5.12. The quantitative estimate of drug-likeness (QED) is 0.881. The smallest absolute Gasteiger partial charge is 0.258 e. The van der Waals surface area contributed by atoms with Crippen LogP contribution in [-0.2, 0) is 16.4 Å². The number of aryl methyl sites for hydroxylation is 1. The molecule has 0 amide bonds. The lowest BCUT2D eigenvalue weighted by molar-refractivity contribution is 0.360. The van der Waals surface area contributed by atoms with Crippen LogP contribution in [0.25, 0.3) is 11.1 Å². The number of pyridine rings is 1. The molecule has 0 bridgehead atoms. The second-order valence-electron chi connectivity index (χ2n) is 4.66.